The van der Waals surface area contributed by atoms with E-state index in [0.717, 1.165) is 35.8 Å². The molecule has 1 saturated heterocycles. The molecule has 4 fully saturated rings. The van der Waals surface area contributed by atoms with Crippen molar-refractivity contribution >= 4 is 0 Å². The van der Waals surface area contributed by atoms with E-state index < -0.39 is 0 Å². The summed E-state index contributed by atoms with van der Waals surface area (Å²) < 4.78 is 0. The first kappa shape index (κ1) is 15.4. The van der Waals surface area contributed by atoms with E-state index in [1.165, 1.54) is 83.8 Å². The smallest absolute Gasteiger partial charge is 0.0198 e. The number of nitrogens with one attached hydrogen (secondary N) is 1. The fourth-order valence-corrected chi connectivity index (χ4v) is 5.39. The standard InChI is InChI=1S/C20H36N2/c1-15-8-20(9-15)22-13-18(10-16-6-7-16)11-19(14-22)21-12-17-4-2-3-5-17/h15-21H,2-14H2,1H3. The molecule has 4 aliphatic rings. The van der Waals surface area contributed by atoms with Crippen molar-refractivity contribution in [3.8, 4) is 0 Å². The van der Waals surface area contributed by atoms with Gasteiger partial charge in [-0.05, 0) is 68.7 Å². The van der Waals surface area contributed by atoms with Crippen molar-refractivity contribution in [2.75, 3.05) is 19.6 Å². The maximum atomic E-state index is 3.99. The fourth-order valence-electron chi connectivity index (χ4n) is 5.39. The number of rotatable bonds is 6. The summed E-state index contributed by atoms with van der Waals surface area (Å²) >= 11 is 0. The second-order valence-electron chi connectivity index (χ2n) is 9.22. The van der Waals surface area contributed by atoms with E-state index in [-0.39, 0.29) is 0 Å². The van der Waals surface area contributed by atoms with Crippen LogP contribution in [0.3, 0.4) is 0 Å². The number of likely N-dealkylation sites (tertiary alicyclic amines) is 1. The van der Waals surface area contributed by atoms with Crippen LogP contribution in [0.15, 0.2) is 0 Å². The number of nitrogens with zero attached hydrogens (tertiary/aromatic N) is 1. The summed E-state index contributed by atoms with van der Waals surface area (Å²) in [6.07, 6.45) is 14.9. The van der Waals surface area contributed by atoms with Gasteiger partial charge in [-0.25, -0.2) is 0 Å². The Labute approximate surface area is 137 Å². The first-order valence-electron chi connectivity index (χ1n) is 10.2. The van der Waals surface area contributed by atoms with Gasteiger partial charge in [-0.1, -0.05) is 32.6 Å². The molecule has 0 aromatic rings. The Hall–Kier alpha value is -0.0800. The fraction of sp³-hybridized carbons (Fsp3) is 1.00. The molecule has 1 N–H and O–H groups in total. The molecule has 1 heterocycles. The van der Waals surface area contributed by atoms with E-state index in [0.29, 0.717) is 0 Å². The third-order valence-electron chi connectivity index (χ3n) is 6.96. The minimum Gasteiger partial charge on any atom is -0.312 e. The summed E-state index contributed by atoms with van der Waals surface area (Å²) in [6, 6.07) is 1.71. The molecule has 0 radical (unpaired) electrons. The number of hydrogen-bond acceptors (Lipinski definition) is 2. The maximum absolute atomic E-state index is 3.99. The highest BCUT2D eigenvalue weighted by Crippen LogP contribution is 2.40. The quantitative estimate of drug-likeness (QED) is 0.796. The zero-order valence-electron chi connectivity index (χ0n) is 14.6. The summed E-state index contributed by atoms with van der Waals surface area (Å²) in [5, 5.41) is 3.99. The lowest BCUT2D eigenvalue weighted by molar-refractivity contribution is 0.0302. The molecular weight excluding hydrogens is 268 g/mol. The van der Waals surface area contributed by atoms with Crippen LogP contribution in [0.4, 0.5) is 0 Å². The lowest BCUT2D eigenvalue weighted by Crippen LogP contribution is -2.56. The van der Waals surface area contributed by atoms with Gasteiger partial charge in [0.05, 0.1) is 0 Å². The minimum atomic E-state index is 0.786. The Morgan fingerprint density at radius 3 is 2.32 bits per heavy atom. The van der Waals surface area contributed by atoms with Crippen LogP contribution in [0.25, 0.3) is 0 Å². The van der Waals surface area contributed by atoms with Crippen molar-refractivity contribution in [2.45, 2.75) is 83.2 Å². The van der Waals surface area contributed by atoms with Gasteiger partial charge in [0.2, 0.25) is 0 Å². The summed E-state index contributed by atoms with van der Waals surface area (Å²) in [6.45, 7) is 6.48. The molecule has 22 heavy (non-hydrogen) atoms. The van der Waals surface area contributed by atoms with Gasteiger partial charge in [0, 0.05) is 25.2 Å². The lowest BCUT2D eigenvalue weighted by atomic mass is 9.78. The van der Waals surface area contributed by atoms with Crippen LogP contribution in [0.5, 0.6) is 0 Å². The van der Waals surface area contributed by atoms with E-state index in [1.807, 2.05) is 0 Å². The molecule has 1 aliphatic heterocycles. The Morgan fingerprint density at radius 1 is 0.864 bits per heavy atom. The zero-order valence-corrected chi connectivity index (χ0v) is 14.6. The second-order valence-corrected chi connectivity index (χ2v) is 9.22. The van der Waals surface area contributed by atoms with Crippen molar-refractivity contribution in [3.63, 3.8) is 0 Å². The molecule has 3 aliphatic carbocycles. The van der Waals surface area contributed by atoms with Crippen LogP contribution in [-0.4, -0.2) is 36.6 Å². The van der Waals surface area contributed by atoms with Crippen LogP contribution in [-0.2, 0) is 0 Å². The van der Waals surface area contributed by atoms with Gasteiger partial charge >= 0.3 is 0 Å². The molecule has 126 valence electrons. The molecule has 2 nitrogen and oxygen atoms in total. The highest BCUT2D eigenvalue weighted by Gasteiger charge is 2.38. The van der Waals surface area contributed by atoms with Crippen molar-refractivity contribution in [3.05, 3.63) is 0 Å². The van der Waals surface area contributed by atoms with Crippen LogP contribution in [0.1, 0.15) is 71.1 Å². The molecule has 0 bridgehead atoms. The molecule has 0 aromatic heterocycles. The SMILES string of the molecule is CC1CC(N2CC(CC3CC3)CC(NCC3CCCC3)C2)C1. The van der Waals surface area contributed by atoms with Gasteiger partial charge in [-0.15, -0.1) is 0 Å². The zero-order chi connectivity index (χ0) is 14.9. The second kappa shape index (κ2) is 6.81. The predicted octanol–water partition coefficient (Wildman–Crippen LogP) is 4.06. The molecule has 0 spiro atoms. The van der Waals surface area contributed by atoms with Crippen LogP contribution in [0.2, 0.25) is 0 Å². The number of hydrogen-bond donors (Lipinski definition) is 1. The molecule has 2 atom stereocenters. The normalized spacial score (nSPS) is 40.8. The van der Waals surface area contributed by atoms with Crippen molar-refractivity contribution in [1.82, 2.24) is 10.2 Å². The van der Waals surface area contributed by atoms with Crippen LogP contribution >= 0.6 is 0 Å². The van der Waals surface area contributed by atoms with Crippen molar-refractivity contribution in [2.24, 2.45) is 23.7 Å². The van der Waals surface area contributed by atoms with E-state index in [4.69, 9.17) is 0 Å². The molecular formula is C20H36N2. The summed E-state index contributed by atoms with van der Waals surface area (Å²) in [7, 11) is 0. The first-order valence-corrected chi connectivity index (χ1v) is 10.2. The Bertz CT molecular complexity index is 353. The Kier molecular flexibility index (Phi) is 4.78. The van der Waals surface area contributed by atoms with Gasteiger partial charge in [0.1, 0.15) is 0 Å². The van der Waals surface area contributed by atoms with Crippen molar-refractivity contribution < 1.29 is 0 Å². The molecule has 2 unspecified atom stereocenters. The molecule has 0 aromatic carbocycles. The van der Waals surface area contributed by atoms with Gasteiger partial charge in [-0.3, -0.25) is 4.90 Å². The molecule has 2 heteroatoms. The maximum Gasteiger partial charge on any atom is 0.0198 e. The van der Waals surface area contributed by atoms with E-state index in [9.17, 15) is 0 Å². The van der Waals surface area contributed by atoms with Crippen LogP contribution in [0, 0.1) is 23.7 Å². The number of piperidine rings is 1. The largest absolute Gasteiger partial charge is 0.312 e. The first-order chi connectivity index (χ1) is 10.8. The monoisotopic (exact) mass is 304 g/mol. The van der Waals surface area contributed by atoms with Crippen molar-refractivity contribution in [1.29, 1.82) is 0 Å². The van der Waals surface area contributed by atoms with E-state index in [2.05, 4.69) is 17.1 Å². The van der Waals surface area contributed by atoms with Gasteiger partial charge < -0.3 is 5.32 Å². The summed E-state index contributed by atoms with van der Waals surface area (Å²) in [4.78, 5) is 2.88. The molecule has 0 amide bonds. The van der Waals surface area contributed by atoms with Gasteiger partial charge in [0.25, 0.3) is 0 Å². The Balaban J connectivity index is 1.30. The third-order valence-corrected chi connectivity index (χ3v) is 6.96. The topological polar surface area (TPSA) is 15.3 Å². The van der Waals surface area contributed by atoms with E-state index in [1.54, 1.807) is 0 Å². The highest BCUT2D eigenvalue weighted by atomic mass is 15.2. The summed E-state index contributed by atoms with van der Waals surface area (Å²) in [5.74, 6) is 4.05. The average molecular weight is 305 g/mol. The van der Waals surface area contributed by atoms with Crippen LogP contribution < -0.4 is 5.32 Å². The minimum absolute atomic E-state index is 0.786. The van der Waals surface area contributed by atoms with E-state index >= 15 is 0 Å². The highest BCUT2D eigenvalue weighted by molar-refractivity contribution is 4.93. The molecule has 4 rings (SSSR count). The predicted molar refractivity (Wildman–Crippen MR) is 93.0 cm³/mol. The van der Waals surface area contributed by atoms with Gasteiger partial charge in [0.15, 0.2) is 0 Å². The van der Waals surface area contributed by atoms with Gasteiger partial charge in [-0.2, -0.15) is 0 Å². The Morgan fingerprint density at radius 2 is 1.64 bits per heavy atom. The summed E-state index contributed by atoms with van der Waals surface area (Å²) in [5.41, 5.74) is 0. The molecule has 3 saturated carbocycles. The average Bonchev–Trinajstić information content (AvgIpc) is 3.13. The third kappa shape index (κ3) is 3.87. The lowest BCUT2D eigenvalue weighted by Gasteiger charge is -2.48.